The Balaban J connectivity index is 2.47. The average molecular weight is 189 g/mol. The van der Waals surface area contributed by atoms with E-state index in [1.807, 2.05) is 0 Å². The highest BCUT2D eigenvalue weighted by molar-refractivity contribution is 5.38. The molecule has 1 aliphatic rings. The second-order valence-corrected chi connectivity index (χ2v) is 4.21. The second kappa shape index (κ2) is 4.14. The number of aryl methyl sites for hydroxylation is 1. The Morgan fingerprint density at radius 2 is 2.29 bits per heavy atom. The first kappa shape index (κ1) is 9.72. The summed E-state index contributed by atoms with van der Waals surface area (Å²) < 4.78 is 0. The van der Waals surface area contributed by atoms with Gasteiger partial charge < -0.3 is 5.32 Å². The van der Waals surface area contributed by atoms with Gasteiger partial charge in [-0.05, 0) is 42.0 Å². The second-order valence-electron chi connectivity index (χ2n) is 4.21. The maximum atomic E-state index is 3.49. The molecule has 0 saturated heterocycles. The molecule has 1 nitrogen and oxygen atoms in total. The molecular weight excluding hydrogens is 170 g/mol. The lowest BCUT2D eigenvalue weighted by atomic mass is 9.89. The molecule has 0 radical (unpaired) electrons. The van der Waals surface area contributed by atoms with Crippen molar-refractivity contribution in [3.63, 3.8) is 0 Å². The molecular formula is C13H19N. The van der Waals surface area contributed by atoms with Crippen molar-refractivity contribution in [2.24, 2.45) is 0 Å². The number of benzene rings is 1. The van der Waals surface area contributed by atoms with Crippen LogP contribution in [0.4, 0.5) is 0 Å². The normalized spacial score (nSPS) is 21.4. The Kier molecular flexibility index (Phi) is 2.87. The number of nitrogens with one attached hydrogen (secondary N) is 1. The van der Waals surface area contributed by atoms with Crippen LogP contribution in [-0.2, 0) is 13.0 Å². The zero-order valence-corrected chi connectivity index (χ0v) is 9.14. The largest absolute Gasteiger partial charge is 0.313 e. The van der Waals surface area contributed by atoms with E-state index >= 15 is 0 Å². The lowest BCUT2D eigenvalue weighted by molar-refractivity contribution is 0.628. The summed E-state index contributed by atoms with van der Waals surface area (Å²) >= 11 is 0. The highest BCUT2D eigenvalue weighted by Crippen LogP contribution is 2.28. The minimum Gasteiger partial charge on any atom is -0.313 e. The summed E-state index contributed by atoms with van der Waals surface area (Å²) in [6, 6.07) is 6.74. The summed E-state index contributed by atoms with van der Waals surface area (Å²) in [6.45, 7) is 6.80. The van der Waals surface area contributed by atoms with E-state index in [0.29, 0.717) is 0 Å². The lowest BCUT2D eigenvalue weighted by Crippen LogP contribution is -2.12. The highest BCUT2D eigenvalue weighted by atomic mass is 14.9. The summed E-state index contributed by atoms with van der Waals surface area (Å²) in [4.78, 5) is 0. The van der Waals surface area contributed by atoms with Crippen molar-refractivity contribution >= 4 is 0 Å². The smallest absolute Gasteiger partial charge is 0.0208 e. The molecule has 0 spiro atoms. The van der Waals surface area contributed by atoms with Gasteiger partial charge in [0.1, 0.15) is 0 Å². The molecule has 0 fully saturated rings. The monoisotopic (exact) mass is 189 g/mol. The summed E-state index contributed by atoms with van der Waals surface area (Å²) in [6.07, 6.45) is 2.43. The van der Waals surface area contributed by atoms with Gasteiger partial charge in [0.25, 0.3) is 0 Å². The van der Waals surface area contributed by atoms with Crippen LogP contribution in [0, 0.1) is 0 Å². The fourth-order valence-electron chi connectivity index (χ4n) is 2.45. The Morgan fingerprint density at radius 1 is 1.43 bits per heavy atom. The molecule has 0 bridgehead atoms. The SMILES string of the molecule is CCc1cccc2c1C(C)CCNC2. The van der Waals surface area contributed by atoms with Crippen molar-refractivity contribution in [1.82, 2.24) is 5.32 Å². The van der Waals surface area contributed by atoms with E-state index in [0.717, 1.165) is 25.4 Å². The number of hydrogen-bond donors (Lipinski definition) is 1. The minimum atomic E-state index is 0.719. The van der Waals surface area contributed by atoms with Gasteiger partial charge in [-0.25, -0.2) is 0 Å². The number of fused-ring (bicyclic) bond motifs is 1. The summed E-state index contributed by atoms with van der Waals surface area (Å²) in [5, 5.41) is 3.49. The van der Waals surface area contributed by atoms with E-state index in [2.05, 4.69) is 37.4 Å². The van der Waals surface area contributed by atoms with Crippen molar-refractivity contribution in [1.29, 1.82) is 0 Å². The minimum absolute atomic E-state index is 0.719. The molecule has 76 valence electrons. The fourth-order valence-corrected chi connectivity index (χ4v) is 2.45. The van der Waals surface area contributed by atoms with Crippen molar-refractivity contribution in [3.8, 4) is 0 Å². The van der Waals surface area contributed by atoms with Gasteiger partial charge in [0.05, 0.1) is 0 Å². The molecule has 0 aromatic heterocycles. The maximum Gasteiger partial charge on any atom is 0.0208 e. The van der Waals surface area contributed by atoms with Gasteiger partial charge in [-0.15, -0.1) is 0 Å². The molecule has 1 unspecified atom stereocenters. The molecule has 0 amide bonds. The Labute approximate surface area is 86.5 Å². The van der Waals surface area contributed by atoms with Crippen molar-refractivity contribution in [2.75, 3.05) is 6.54 Å². The van der Waals surface area contributed by atoms with Crippen LogP contribution in [0.15, 0.2) is 18.2 Å². The van der Waals surface area contributed by atoms with E-state index in [1.165, 1.54) is 12.0 Å². The van der Waals surface area contributed by atoms with E-state index in [-0.39, 0.29) is 0 Å². The number of hydrogen-bond acceptors (Lipinski definition) is 1. The molecule has 1 atom stereocenters. The molecule has 1 heteroatoms. The van der Waals surface area contributed by atoms with Gasteiger partial charge >= 0.3 is 0 Å². The fraction of sp³-hybridized carbons (Fsp3) is 0.538. The van der Waals surface area contributed by atoms with E-state index < -0.39 is 0 Å². The molecule has 1 aliphatic heterocycles. The van der Waals surface area contributed by atoms with Crippen molar-refractivity contribution < 1.29 is 0 Å². The van der Waals surface area contributed by atoms with Crippen molar-refractivity contribution in [2.45, 2.75) is 39.2 Å². The maximum absolute atomic E-state index is 3.49. The lowest BCUT2D eigenvalue weighted by Gasteiger charge is -2.16. The van der Waals surface area contributed by atoms with Crippen LogP contribution in [-0.4, -0.2) is 6.54 Å². The summed E-state index contributed by atoms with van der Waals surface area (Å²) in [5.74, 6) is 0.719. The first-order chi connectivity index (χ1) is 6.83. The van der Waals surface area contributed by atoms with Gasteiger partial charge in [-0.3, -0.25) is 0 Å². The zero-order chi connectivity index (χ0) is 9.97. The van der Waals surface area contributed by atoms with Crippen LogP contribution in [0.2, 0.25) is 0 Å². The molecule has 1 N–H and O–H groups in total. The predicted molar refractivity (Wildman–Crippen MR) is 60.6 cm³/mol. The third-order valence-corrected chi connectivity index (χ3v) is 3.23. The van der Waals surface area contributed by atoms with Gasteiger partial charge in [0.15, 0.2) is 0 Å². The Hall–Kier alpha value is -0.820. The van der Waals surface area contributed by atoms with Crippen LogP contribution in [0.25, 0.3) is 0 Å². The Bertz CT molecular complexity index is 317. The first-order valence-corrected chi connectivity index (χ1v) is 5.64. The van der Waals surface area contributed by atoms with Crippen LogP contribution < -0.4 is 5.32 Å². The topological polar surface area (TPSA) is 12.0 Å². The molecule has 1 aromatic rings. The molecule has 1 heterocycles. The third kappa shape index (κ3) is 1.69. The molecule has 14 heavy (non-hydrogen) atoms. The Morgan fingerprint density at radius 3 is 3.07 bits per heavy atom. The van der Waals surface area contributed by atoms with E-state index in [9.17, 15) is 0 Å². The van der Waals surface area contributed by atoms with Gasteiger partial charge in [0.2, 0.25) is 0 Å². The van der Waals surface area contributed by atoms with E-state index in [1.54, 1.807) is 11.1 Å². The predicted octanol–water partition coefficient (Wildman–Crippen LogP) is 2.85. The van der Waals surface area contributed by atoms with Crippen LogP contribution >= 0.6 is 0 Å². The van der Waals surface area contributed by atoms with E-state index in [4.69, 9.17) is 0 Å². The quantitative estimate of drug-likeness (QED) is 0.716. The molecule has 0 aliphatic carbocycles. The van der Waals surface area contributed by atoms with Crippen LogP contribution in [0.3, 0.4) is 0 Å². The van der Waals surface area contributed by atoms with Gasteiger partial charge in [-0.2, -0.15) is 0 Å². The molecule has 0 saturated carbocycles. The first-order valence-electron chi connectivity index (χ1n) is 5.64. The van der Waals surface area contributed by atoms with Crippen molar-refractivity contribution in [3.05, 3.63) is 34.9 Å². The van der Waals surface area contributed by atoms with Gasteiger partial charge in [0, 0.05) is 6.54 Å². The van der Waals surface area contributed by atoms with Crippen LogP contribution in [0.5, 0.6) is 0 Å². The van der Waals surface area contributed by atoms with Gasteiger partial charge in [-0.1, -0.05) is 32.0 Å². The number of rotatable bonds is 1. The molecule has 2 rings (SSSR count). The average Bonchev–Trinajstić information content (AvgIpc) is 2.40. The van der Waals surface area contributed by atoms with Crippen LogP contribution in [0.1, 0.15) is 42.9 Å². The highest BCUT2D eigenvalue weighted by Gasteiger charge is 2.16. The summed E-state index contributed by atoms with van der Waals surface area (Å²) in [5.41, 5.74) is 4.66. The standard InChI is InChI=1S/C13H19N/c1-3-11-5-4-6-12-9-14-8-7-10(2)13(11)12/h4-6,10,14H,3,7-9H2,1-2H3. The zero-order valence-electron chi connectivity index (χ0n) is 9.14. The third-order valence-electron chi connectivity index (χ3n) is 3.23. The molecule has 1 aromatic carbocycles. The summed E-state index contributed by atoms with van der Waals surface area (Å²) in [7, 11) is 0.